The molecule has 0 radical (unpaired) electrons. The number of pyridine rings is 1. The Labute approximate surface area is 169 Å². The van der Waals surface area contributed by atoms with E-state index in [9.17, 15) is 9.18 Å². The molecule has 1 unspecified atom stereocenters. The summed E-state index contributed by atoms with van der Waals surface area (Å²) in [4.78, 5) is 17.2. The van der Waals surface area contributed by atoms with Crippen LogP contribution in [0.4, 0.5) is 10.1 Å². The standard InChI is InChI=1S/C23H23FN2O3/c1-4-28-16(3)22-13-12-21(15(2)25-22)23(27)26-18-6-5-7-20(14-18)29-19-10-8-17(24)9-11-19/h5-14,16H,4H2,1-3H3,(H,26,27). The molecule has 0 spiro atoms. The Morgan fingerprint density at radius 2 is 1.86 bits per heavy atom. The molecule has 0 bridgehead atoms. The maximum Gasteiger partial charge on any atom is 0.257 e. The summed E-state index contributed by atoms with van der Waals surface area (Å²) in [6, 6.07) is 16.3. The van der Waals surface area contributed by atoms with Crippen molar-refractivity contribution >= 4 is 11.6 Å². The number of aryl methyl sites for hydroxylation is 1. The van der Waals surface area contributed by atoms with Gasteiger partial charge in [0.25, 0.3) is 5.91 Å². The second-order valence-electron chi connectivity index (χ2n) is 6.50. The van der Waals surface area contributed by atoms with Gasteiger partial charge >= 0.3 is 0 Å². The van der Waals surface area contributed by atoms with E-state index in [4.69, 9.17) is 9.47 Å². The molecule has 0 saturated carbocycles. The largest absolute Gasteiger partial charge is 0.457 e. The van der Waals surface area contributed by atoms with E-state index in [1.807, 2.05) is 13.8 Å². The van der Waals surface area contributed by atoms with Gasteiger partial charge in [-0.25, -0.2) is 4.39 Å². The van der Waals surface area contributed by atoms with Crippen LogP contribution in [-0.4, -0.2) is 17.5 Å². The van der Waals surface area contributed by atoms with Crippen LogP contribution < -0.4 is 10.1 Å². The zero-order chi connectivity index (χ0) is 20.8. The normalized spacial score (nSPS) is 11.7. The van der Waals surface area contributed by atoms with Gasteiger partial charge in [-0.2, -0.15) is 0 Å². The van der Waals surface area contributed by atoms with E-state index >= 15 is 0 Å². The molecule has 1 N–H and O–H groups in total. The van der Waals surface area contributed by atoms with E-state index in [-0.39, 0.29) is 17.8 Å². The molecule has 1 atom stereocenters. The Kier molecular flexibility index (Phi) is 6.57. The van der Waals surface area contributed by atoms with Crippen molar-refractivity contribution in [3.8, 4) is 11.5 Å². The van der Waals surface area contributed by atoms with Gasteiger partial charge in [0.15, 0.2) is 0 Å². The first-order chi connectivity index (χ1) is 14.0. The van der Waals surface area contributed by atoms with Crippen molar-refractivity contribution in [3.63, 3.8) is 0 Å². The molecule has 0 aliphatic rings. The lowest BCUT2D eigenvalue weighted by Crippen LogP contribution is -2.15. The number of anilines is 1. The molecule has 29 heavy (non-hydrogen) atoms. The number of hydrogen-bond donors (Lipinski definition) is 1. The highest BCUT2D eigenvalue weighted by atomic mass is 19.1. The summed E-state index contributed by atoms with van der Waals surface area (Å²) >= 11 is 0. The third kappa shape index (κ3) is 5.39. The monoisotopic (exact) mass is 394 g/mol. The van der Waals surface area contributed by atoms with Gasteiger partial charge in [-0.3, -0.25) is 9.78 Å². The molecule has 150 valence electrons. The van der Waals surface area contributed by atoms with Crippen molar-refractivity contribution in [2.24, 2.45) is 0 Å². The summed E-state index contributed by atoms with van der Waals surface area (Å²) < 4.78 is 24.3. The zero-order valence-electron chi connectivity index (χ0n) is 16.6. The molecule has 3 rings (SSSR count). The van der Waals surface area contributed by atoms with Gasteiger partial charge in [0.1, 0.15) is 17.3 Å². The first-order valence-corrected chi connectivity index (χ1v) is 9.40. The van der Waals surface area contributed by atoms with Gasteiger partial charge in [0.05, 0.1) is 23.1 Å². The topological polar surface area (TPSA) is 60.5 Å². The highest BCUT2D eigenvalue weighted by Crippen LogP contribution is 2.25. The number of benzene rings is 2. The van der Waals surface area contributed by atoms with Crippen LogP contribution in [0.5, 0.6) is 11.5 Å². The number of ether oxygens (including phenoxy) is 2. The fourth-order valence-corrected chi connectivity index (χ4v) is 2.86. The fourth-order valence-electron chi connectivity index (χ4n) is 2.86. The van der Waals surface area contributed by atoms with Gasteiger partial charge in [-0.1, -0.05) is 6.07 Å². The first kappa shape index (κ1) is 20.5. The SMILES string of the molecule is CCOC(C)c1ccc(C(=O)Nc2cccc(Oc3ccc(F)cc3)c2)c(C)n1. The van der Waals surface area contributed by atoms with E-state index in [2.05, 4.69) is 10.3 Å². The number of rotatable bonds is 7. The van der Waals surface area contributed by atoms with Crippen molar-refractivity contribution in [2.75, 3.05) is 11.9 Å². The van der Waals surface area contributed by atoms with E-state index in [0.717, 1.165) is 5.69 Å². The number of nitrogens with zero attached hydrogens (tertiary/aromatic N) is 1. The van der Waals surface area contributed by atoms with Gasteiger partial charge < -0.3 is 14.8 Å². The lowest BCUT2D eigenvalue weighted by molar-refractivity contribution is 0.0732. The molecule has 5 nitrogen and oxygen atoms in total. The molecule has 3 aromatic rings. The van der Waals surface area contributed by atoms with Crippen LogP contribution in [-0.2, 0) is 4.74 Å². The van der Waals surface area contributed by atoms with E-state index in [0.29, 0.717) is 35.1 Å². The Balaban J connectivity index is 1.71. The molecule has 0 saturated heterocycles. The van der Waals surface area contributed by atoms with Gasteiger partial charge in [-0.05, 0) is 69.3 Å². The van der Waals surface area contributed by atoms with Crippen molar-refractivity contribution < 1.29 is 18.7 Å². The first-order valence-electron chi connectivity index (χ1n) is 9.40. The summed E-state index contributed by atoms with van der Waals surface area (Å²) in [5.74, 6) is 0.452. The van der Waals surface area contributed by atoms with Crippen molar-refractivity contribution in [3.05, 3.63) is 83.4 Å². The van der Waals surface area contributed by atoms with Crippen molar-refractivity contribution in [2.45, 2.75) is 26.9 Å². The maximum atomic E-state index is 13.0. The predicted molar refractivity (Wildman–Crippen MR) is 110 cm³/mol. The molecule has 1 heterocycles. The summed E-state index contributed by atoms with van der Waals surface area (Å²) in [6.07, 6.45) is -0.129. The Hall–Kier alpha value is -3.25. The summed E-state index contributed by atoms with van der Waals surface area (Å²) in [5.41, 5.74) is 2.49. The molecule has 2 aromatic carbocycles. The second-order valence-corrected chi connectivity index (χ2v) is 6.50. The molecule has 0 fully saturated rings. The van der Waals surface area contributed by atoms with Crippen LogP contribution in [0.25, 0.3) is 0 Å². The molecule has 1 amide bonds. The smallest absolute Gasteiger partial charge is 0.257 e. The number of halogens is 1. The molecule has 0 aliphatic carbocycles. The highest BCUT2D eigenvalue weighted by Gasteiger charge is 2.14. The lowest BCUT2D eigenvalue weighted by Gasteiger charge is -2.14. The van der Waals surface area contributed by atoms with Gasteiger partial charge in [-0.15, -0.1) is 0 Å². The molecular formula is C23H23FN2O3. The molecular weight excluding hydrogens is 371 g/mol. The average molecular weight is 394 g/mol. The van der Waals surface area contributed by atoms with Crippen LogP contribution in [0.15, 0.2) is 60.7 Å². The minimum Gasteiger partial charge on any atom is -0.457 e. The average Bonchev–Trinajstić information content (AvgIpc) is 2.70. The number of hydrogen-bond acceptors (Lipinski definition) is 4. The number of carbonyl (C=O) groups is 1. The third-order valence-corrected chi connectivity index (χ3v) is 4.33. The highest BCUT2D eigenvalue weighted by molar-refractivity contribution is 6.05. The zero-order valence-corrected chi connectivity index (χ0v) is 16.6. The number of carbonyl (C=O) groups excluding carboxylic acids is 1. The number of amides is 1. The number of aromatic nitrogens is 1. The minimum absolute atomic E-state index is 0.129. The van der Waals surface area contributed by atoms with Crippen LogP contribution in [0, 0.1) is 12.7 Å². The summed E-state index contributed by atoms with van der Waals surface area (Å²) in [7, 11) is 0. The second kappa shape index (κ2) is 9.30. The predicted octanol–water partition coefficient (Wildman–Crippen LogP) is 5.67. The molecule has 0 aliphatic heterocycles. The van der Waals surface area contributed by atoms with Gasteiger partial charge in [0, 0.05) is 18.4 Å². The van der Waals surface area contributed by atoms with E-state index in [1.54, 1.807) is 55.5 Å². The van der Waals surface area contributed by atoms with Crippen LogP contribution in [0.1, 0.15) is 41.7 Å². The van der Waals surface area contributed by atoms with Gasteiger partial charge in [0.2, 0.25) is 0 Å². The Bertz CT molecular complexity index is 990. The van der Waals surface area contributed by atoms with Crippen LogP contribution in [0.2, 0.25) is 0 Å². The fraction of sp³-hybridized carbons (Fsp3) is 0.217. The van der Waals surface area contributed by atoms with Crippen molar-refractivity contribution in [1.29, 1.82) is 0 Å². The maximum absolute atomic E-state index is 13.0. The van der Waals surface area contributed by atoms with Crippen LogP contribution in [0.3, 0.4) is 0 Å². The Morgan fingerprint density at radius 3 is 2.55 bits per heavy atom. The molecule has 1 aromatic heterocycles. The summed E-state index contributed by atoms with van der Waals surface area (Å²) in [5, 5.41) is 2.86. The lowest BCUT2D eigenvalue weighted by atomic mass is 10.1. The Morgan fingerprint density at radius 1 is 1.10 bits per heavy atom. The number of nitrogens with one attached hydrogen (secondary N) is 1. The minimum atomic E-state index is -0.330. The van der Waals surface area contributed by atoms with Crippen LogP contribution >= 0.6 is 0 Å². The quantitative estimate of drug-likeness (QED) is 0.561. The van der Waals surface area contributed by atoms with E-state index < -0.39 is 0 Å². The molecule has 6 heteroatoms. The van der Waals surface area contributed by atoms with E-state index in [1.165, 1.54) is 12.1 Å². The third-order valence-electron chi connectivity index (χ3n) is 4.33. The van der Waals surface area contributed by atoms with Crippen molar-refractivity contribution in [1.82, 2.24) is 4.98 Å². The summed E-state index contributed by atoms with van der Waals surface area (Å²) in [6.45, 7) is 6.25.